The van der Waals surface area contributed by atoms with Crippen molar-refractivity contribution < 1.29 is 29.6 Å². The molecule has 1 aromatic rings. The first-order valence-corrected chi connectivity index (χ1v) is 10.8. The van der Waals surface area contributed by atoms with Crippen LogP contribution in [0.15, 0.2) is 12.3 Å². The Bertz CT molecular complexity index is 736. The number of carbonyl (C=O) groups is 2. The quantitative estimate of drug-likeness (QED) is 0.578. The summed E-state index contributed by atoms with van der Waals surface area (Å²) in [5.41, 5.74) is -0.0477. The van der Waals surface area contributed by atoms with E-state index >= 15 is 0 Å². The van der Waals surface area contributed by atoms with Gasteiger partial charge < -0.3 is 34.8 Å². The average Bonchev–Trinajstić information content (AvgIpc) is 3.16. The van der Waals surface area contributed by atoms with E-state index in [1.165, 1.54) is 0 Å². The summed E-state index contributed by atoms with van der Waals surface area (Å²) in [4.78, 5) is 34.0. The normalized spacial score (nSPS) is 22.4. The summed E-state index contributed by atoms with van der Waals surface area (Å²) >= 11 is 0. The number of morpholine rings is 1. The number of aliphatic hydroxyl groups excluding tert-OH is 1. The monoisotopic (exact) mass is 453 g/mol. The second-order valence-corrected chi connectivity index (χ2v) is 8.40. The molecule has 0 aromatic carbocycles. The smallest absolute Gasteiger partial charge is 0.300 e. The van der Waals surface area contributed by atoms with Crippen molar-refractivity contribution in [1.29, 1.82) is 0 Å². The number of ether oxygens (including phenoxy) is 1. The van der Waals surface area contributed by atoms with Crippen molar-refractivity contribution in [3.63, 3.8) is 0 Å². The van der Waals surface area contributed by atoms with Gasteiger partial charge in [0.25, 0.3) is 11.9 Å². The van der Waals surface area contributed by atoms with Crippen LogP contribution in [0.4, 0.5) is 11.8 Å². The van der Waals surface area contributed by atoms with Crippen molar-refractivity contribution >= 4 is 23.7 Å². The number of hydrogen-bond donors (Lipinski definition) is 3. The van der Waals surface area contributed by atoms with Gasteiger partial charge in [0.2, 0.25) is 5.95 Å². The Morgan fingerprint density at radius 3 is 2.28 bits per heavy atom. The van der Waals surface area contributed by atoms with Gasteiger partial charge >= 0.3 is 0 Å². The van der Waals surface area contributed by atoms with E-state index in [0.29, 0.717) is 6.54 Å². The lowest BCUT2D eigenvalue weighted by atomic mass is 9.89. The van der Waals surface area contributed by atoms with Crippen LogP contribution < -0.4 is 9.80 Å². The third kappa shape index (κ3) is 8.21. The number of aliphatic carboxylic acids is 2. The van der Waals surface area contributed by atoms with Crippen LogP contribution in [0.1, 0.15) is 33.1 Å². The Morgan fingerprint density at radius 1 is 1.09 bits per heavy atom. The van der Waals surface area contributed by atoms with Crippen molar-refractivity contribution in [1.82, 2.24) is 14.9 Å². The second kappa shape index (κ2) is 11.9. The van der Waals surface area contributed by atoms with Crippen LogP contribution in [0.2, 0.25) is 0 Å². The molecule has 0 saturated carbocycles. The molecule has 11 heteroatoms. The predicted octanol–water partition coefficient (Wildman–Crippen LogP) is 0.530. The van der Waals surface area contributed by atoms with Crippen LogP contribution in [0, 0.1) is 0 Å². The van der Waals surface area contributed by atoms with E-state index in [1.54, 1.807) is 0 Å². The molecule has 1 spiro atoms. The van der Waals surface area contributed by atoms with Crippen LogP contribution in [-0.2, 0) is 14.3 Å². The Morgan fingerprint density at radius 2 is 1.72 bits per heavy atom. The number of nitrogens with zero attached hydrogens (tertiary/aromatic N) is 5. The van der Waals surface area contributed by atoms with Crippen LogP contribution in [0.5, 0.6) is 0 Å². The minimum Gasteiger partial charge on any atom is -0.481 e. The highest BCUT2D eigenvalue weighted by Crippen LogP contribution is 2.31. The first-order valence-electron chi connectivity index (χ1n) is 10.8. The highest BCUT2D eigenvalue weighted by molar-refractivity contribution is 5.63. The Hall–Kier alpha value is -2.50. The first-order chi connectivity index (χ1) is 15.1. The van der Waals surface area contributed by atoms with E-state index in [9.17, 15) is 5.11 Å². The van der Waals surface area contributed by atoms with Crippen molar-refractivity contribution in [2.45, 2.75) is 44.8 Å². The number of likely N-dealkylation sites (tertiary alicyclic amines) is 1. The van der Waals surface area contributed by atoms with E-state index in [4.69, 9.17) is 29.5 Å². The molecule has 4 rings (SSSR count). The SMILES string of the molecule is CC(=O)O.CC(=O)O.CN1CCC2(CC1)CN(c1nccc(N3CCC(O)C3)n1)CCO2. The van der Waals surface area contributed by atoms with Gasteiger partial charge in [0, 0.05) is 52.8 Å². The zero-order chi connectivity index (χ0) is 23.7. The summed E-state index contributed by atoms with van der Waals surface area (Å²) in [6.07, 6.45) is 4.54. The summed E-state index contributed by atoms with van der Waals surface area (Å²) in [5.74, 6) is 0.0379. The van der Waals surface area contributed by atoms with Gasteiger partial charge in [-0.15, -0.1) is 0 Å². The molecule has 1 aromatic heterocycles. The third-order valence-electron chi connectivity index (χ3n) is 5.55. The van der Waals surface area contributed by atoms with Gasteiger partial charge in [-0.2, -0.15) is 4.98 Å². The fraction of sp³-hybridized carbons (Fsp3) is 0.714. The summed E-state index contributed by atoms with van der Waals surface area (Å²) < 4.78 is 6.18. The zero-order valence-corrected chi connectivity index (χ0v) is 19.1. The minimum atomic E-state index is -0.833. The molecule has 0 aliphatic carbocycles. The van der Waals surface area contributed by atoms with Crippen LogP contribution in [0.25, 0.3) is 0 Å². The van der Waals surface area contributed by atoms with E-state index in [0.717, 1.165) is 84.2 Å². The molecular formula is C21H35N5O6. The summed E-state index contributed by atoms with van der Waals surface area (Å²) in [6, 6.07) is 1.94. The van der Waals surface area contributed by atoms with Gasteiger partial charge in [-0.05, 0) is 32.4 Å². The molecule has 0 bridgehead atoms. The first kappa shape index (κ1) is 25.8. The Balaban J connectivity index is 0.000000395. The molecule has 3 N–H and O–H groups in total. The van der Waals surface area contributed by atoms with Gasteiger partial charge in [0.05, 0.1) is 24.9 Å². The average molecular weight is 454 g/mol. The molecule has 3 saturated heterocycles. The molecule has 11 nitrogen and oxygen atoms in total. The van der Waals surface area contributed by atoms with Crippen LogP contribution in [0.3, 0.4) is 0 Å². The number of hydrogen-bond acceptors (Lipinski definition) is 9. The van der Waals surface area contributed by atoms with Gasteiger partial charge in [0.15, 0.2) is 0 Å². The van der Waals surface area contributed by atoms with Gasteiger partial charge in [0.1, 0.15) is 5.82 Å². The zero-order valence-electron chi connectivity index (χ0n) is 19.1. The van der Waals surface area contributed by atoms with E-state index < -0.39 is 11.9 Å². The molecule has 32 heavy (non-hydrogen) atoms. The third-order valence-corrected chi connectivity index (χ3v) is 5.55. The Labute approximate surface area is 188 Å². The highest BCUT2D eigenvalue weighted by atomic mass is 16.5. The lowest BCUT2D eigenvalue weighted by Crippen LogP contribution is -2.56. The molecule has 4 heterocycles. The minimum absolute atomic E-state index is 0.0477. The maximum atomic E-state index is 9.75. The molecule has 180 valence electrons. The summed E-state index contributed by atoms with van der Waals surface area (Å²) in [6.45, 7) is 8.30. The van der Waals surface area contributed by atoms with Crippen molar-refractivity contribution in [2.75, 3.05) is 62.7 Å². The van der Waals surface area contributed by atoms with Crippen molar-refractivity contribution in [3.05, 3.63) is 12.3 Å². The van der Waals surface area contributed by atoms with E-state index in [-0.39, 0.29) is 11.7 Å². The molecule has 1 unspecified atom stereocenters. The summed E-state index contributed by atoms with van der Waals surface area (Å²) in [5, 5.41) is 24.6. The number of carboxylic acids is 2. The lowest BCUT2D eigenvalue weighted by Gasteiger charge is -2.46. The Kier molecular flexibility index (Phi) is 9.60. The van der Waals surface area contributed by atoms with Crippen molar-refractivity contribution in [3.8, 4) is 0 Å². The molecule has 3 aliphatic heterocycles. The number of carboxylic acid groups (broad SMARTS) is 2. The largest absolute Gasteiger partial charge is 0.481 e. The number of β-amino-alcohol motifs (C(OH)–C–C–N with tert-alkyl or cyclic N) is 1. The van der Waals surface area contributed by atoms with Gasteiger partial charge in [-0.1, -0.05) is 0 Å². The van der Waals surface area contributed by atoms with Crippen molar-refractivity contribution in [2.24, 2.45) is 0 Å². The molecular weight excluding hydrogens is 418 g/mol. The molecule has 0 radical (unpaired) electrons. The van der Waals surface area contributed by atoms with Crippen LogP contribution in [-0.4, -0.2) is 107 Å². The van der Waals surface area contributed by atoms with Crippen LogP contribution >= 0.6 is 0 Å². The molecule has 3 fully saturated rings. The number of rotatable bonds is 2. The topological polar surface area (TPSA) is 140 Å². The maximum Gasteiger partial charge on any atom is 0.300 e. The predicted molar refractivity (Wildman–Crippen MR) is 119 cm³/mol. The van der Waals surface area contributed by atoms with Gasteiger partial charge in [-0.25, -0.2) is 4.98 Å². The summed E-state index contributed by atoms with van der Waals surface area (Å²) in [7, 11) is 2.17. The number of piperidine rings is 1. The number of aliphatic hydroxyl groups is 1. The highest BCUT2D eigenvalue weighted by Gasteiger charge is 2.39. The van der Waals surface area contributed by atoms with E-state index in [1.807, 2.05) is 12.3 Å². The fourth-order valence-electron chi connectivity index (χ4n) is 3.96. The molecule has 3 aliphatic rings. The second-order valence-electron chi connectivity index (χ2n) is 8.40. The van der Waals surface area contributed by atoms with Gasteiger partial charge in [-0.3, -0.25) is 9.59 Å². The fourth-order valence-corrected chi connectivity index (χ4v) is 3.96. The standard InChI is InChI=1S/C17H27N5O2.2C2H4O2/c1-20-8-4-17(5-9-20)13-22(10-11-24-17)16-18-6-2-15(19-16)21-7-3-14(23)12-21;2*1-2(3)4/h2,6,14,23H,3-5,7-13H2,1H3;2*1H3,(H,3,4). The lowest BCUT2D eigenvalue weighted by molar-refractivity contribution is -0.135. The number of anilines is 2. The molecule has 1 atom stereocenters. The maximum absolute atomic E-state index is 9.75. The number of aromatic nitrogens is 2. The molecule has 0 amide bonds. The van der Waals surface area contributed by atoms with E-state index in [2.05, 4.69) is 26.7 Å².